The summed E-state index contributed by atoms with van der Waals surface area (Å²) >= 11 is 4.37. The van der Waals surface area contributed by atoms with Gasteiger partial charge in [-0.3, -0.25) is 0 Å². The summed E-state index contributed by atoms with van der Waals surface area (Å²) in [5, 5.41) is 0. The normalized spacial score (nSPS) is 19.6. The van der Waals surface area contributed by atoms with E-state index in [1.54, 1.807) is 0 Å². The second kappa shape index (κ2) is 7.71. The van der Waals surface area contributed by atoms with Crippen LogP contribution in [0.4, 0.5) is 0 Å². The summed E-state index contributed by atoms with van der Waals surface area (Å²) in [6, 6.07) is 8.82. The molecule has 0 N–H and O–H groups in total. The SMILES string of the molecule is CCC1(Oc2ccc(C(CCS)PC)cc2)CCCC1. The summed E-state index contributed by atoms with van der Waals surface area (Å²) in [5.41, 5.74) is 2.20. The molecule has 2 rings (SSSR count). The van der Waals surface area contributed by atoms with Gasteiger partial charge >= 0.3 is 0 Å². The van der Waals surface area contributed by atoms with E-state index in [2.05, 4.69) is 50.5 Å². The molecule has 1 aromatic carbocycles. The molecule has 2 unspecified atom stereocenters. The largest absolute Gasteiger partial charge is 0.487 e. The van der Waals surface area contributed by atoms with Gasteiger partial charge in [0.05, 0.1) is 0 Å². The summed E-state index contributed by atoms with van der Waals surface area (Å²) in [6.45, 7) is 4.53. The van der Waals surface area contributed by atoms with Crippen LogP contribution in [0.3, 0.4) is 0 Å². The molecule has 0 bridgehead atoms. The minimum atomic E-state index is 0.110. The molecule has 112 valence electrons. The maximum absolute atomic E-state index is 6.33. The topological polar surface area (TPSA) is 9.23 Å². The number of hydrogen-bond acceptors (Lipinski definition) is 2. The van der Waals surface area contributed by atoms with E-state index in [0.717, 1.165) is 32.9 Å². The van der Waals surface area contributed by atoms with Crippen LogP contribution in [-0.4, -0.2) is 18.0 Å². The fraction of sp³-hybridized carbons (Fsp3) is 0.647. The van der Waals surface area contributed by atoms with Crippen LogP contribution in [0.1, 0.15) is 56.7 Å². The first-order valence-electron chi connectivity index (χ1n) is 7.80. The minimum absolute atomic E-state index is 0.110. The van der Waals surface area contributed by atoms with Crippen LogP contribution in [-0.2, 0) is 0 Å². The summed E-state index contributed by atoms with van der Waals surface area (Å²) in [5.74, 6) is 2.00. The number of ether oxygens (including phenoxy) is 1. The molecule has 0 amide bonds. The molecule has 1 aromatic rings. The zero-order valence-electron chi connectivity index (χ0n) is 12.7. The molecule has 0 aromatic heterocycles. The summed E-state index contributed by atoms with van der Waals surface area (Å²) in [6.07, 6.45) is 7.33. The predicted molar refractivity (Wildman–Crippen MR) is 94.0 cm³/mol. The Hall–Kier alpha value is -0.200. The Morgan fingerprint density at radius 1 is 1.25 bits per heavy atom. The lowest BCUT2D eigenvalue weighted by atomic mass is 9.98. The van der Waals surface area contributed by atoms with Gasteiger partial charge in [0, 0.05) is 5.66 Å². The van der Waals surface area contributed by atoms with Crippen molar-refractivity contribution in [1.82, 2.24) is 0 Å². The van der Waals surface area contributed by atoms with Gasteiger partial charge in [-0.1, -0.05) is 19.1 Å². The Bertz CT molecular complexity index is 398. The monoisotopic (exact) mass is 310 g/mol. The Morgan fingerprint density at radius 2 is 1.90 bits per heavy atom. The Morgan fingerprint density at radius 3 is 2.40 bits per heavy atom. The van der Waals surface area contributed by atoms with E-state index in [4.69, 9.17) is 4.74 Å². The van der Waals surface area contributed by atoms with Gasteiger partial charge in [0.15, 0.2) is 0 Å². The highest BCUT2D eigenvalue weighted by Crippen LogP contribution is 2.39. The molecule has 1 aliphatic carbocycles. The molecule has 0 heterocycles. The van der Waals surface area contributed by atoms with Crippen LogP contribution in [0.5, 0.6) is 5.75 Å². The van der Waals surface area contributed by atoms with Crippen LogP contribution < -0.4 is 4.74 Å². The zero-order chi connectivity index (χ0) is 14.4. The average Bonchev–Trinajstić information content (AvgIpc) is 2.95. The zero-order valence-corrected chi connectivity index (χ0v) is 14.6. The van der Waals surface area contributed by atoms with Crippen LogP contribution in [0.15, 0.2) is 24.3 Å². The second-order valence-corrected chi connectivity index (χ2v) is 7.49. The number of hydrogen-bond donors (Lipinski definition) is 1. The van der Waals surface area contributed by atoms with Crippen LogP contribution in [0.25, 0.3) is 0 Å². The Balaban J connectivity index is 2.04. The maximum Gasteiger partial charge on any atom is 0.120 e. The third kappa shape index (κ3) is 3.92. The lowest BCUT2D eigenvalue weighted by Crippen LogP contribution is -2.31. The van der Waals surface area contributed by atoms with Gasteiger partial charge in [0.25, 0.3) is 0 Å². The fourth-order valence-electron chi connectivity index (χ4n) is 3.17. The van der Waals surface area contributed by atoms with Crippen molar-refractivity contribution < 1.29 is 4.74 Å². The van der Waals surface area contributed by atoms with Crippen molar-refractivity contribution in [1.29, 1.82) is 0 Å². The maximum atomic E-state index is 6.33. The highest BCUT2D eigenvalue weighted by atomic mass is 32.1. The second-order valence-electron chi connectivity index (χ2n) is 5.77. The number of benzene rings is 1. The standard InChI is InChI=1S/C17H27OPS/c1-3-17(11-4-5-12-17)18-15-8-6-14(7-9-15)16(19-2)10-13-20/h6-9,16,19-20H,3-5,10-13H2,1-2H3. The lowest BCUT2D eigenvalue weighted by Gasteiger charge is -2.29. The quantitative estimate of drug-likeness (QED) is 0.520. The third-order valence-corrected chi connectivity index (χ3v) is 6.12. The van der Waals surface area contributed by atoms with E-state index in [1.165, 1.54) is 31.2 Å². The van der Waals surface area contributed by atoms with Crippen molar-refractivity contribution >= 4 is 21.2 Å². The number of rotatable bonds is 7. The minimum Gasteiger partial charge on any atom is -0.487 e. The van der Waals surface area contributed by atoms with E-state index in [-0.39, 0.29) is 5.60 Å². The molecule has 0 aliphatic heterocycles. The van der Waals surface area contributed by atoms with Crippen molar-refractivity contribution in [2.75, 3.05) is 12.4 Å². The van der Waals surface area contributed by atoms with Gasteiger partial charge in [0.2, 0.25) is 0 Å². The Kier molecular flexibility index (Phi) is 6.23. The van der Waals surface area contributed by atoms with Crippen molar-refractivity contribution in [2.45, 2.75) is 56.7 Å². The van der Waals surface area contributed by atoms with Crippen molar-refractivity contribution in [3.8, 4) is 5.75 Å². The first-order chi connectivity index (χ1) is 9.73. The Labute approximate surface area is 131 Å². The van der Waals surface area contributed by atoms with E-state index in [9.17, 15) is 0 Å². The first-order valence-corrected chi connectivity index (χ1v) is 10.0. The molecule has 1 fully saturated rings. The first kappa shape index (κ1) is 16.2. The summed E-state index contributed by atoms with van der Waals surface area (Å²) in [7, 11) is 0.940. The lowest BCUT2D eigenvalue weighted by molar-refractivity contribution is 0.0720. The van der Waals surface area contributed by atoms with Gasteiger partial charge in [0.1, 0.15) is 11.4 Å². The van der Waals surface area contributed by atoms with Crippen molar-refractivity contribution in [2.24, 2.45) is 0 Å². The molecule has 0 spiro atoms. The molecule has 0 saturated heterocycles. The molecule has 1 nitrogen and oxygen atoms in total. The van der Waals surface area contributed by atoms with Gasteiger partial charge < -0.3 is 4.74 Å². The molecule has 1 aliphatic rings. The molecule has 1 saturated carbocycles. The molecule has 20 heavy (non-hydrogen) atoms. The van der Waals surface area contributed by atoms with E-state index >= 15 is 0 Å². The predicted octanol–water partition coefficient (Wildman–Crippen LogP) is 5.46. The summed E-state index contributed by atoms with van der Waals surface area (Å²) in [4.78, 5) is 0. The summed E-state index contributed by atoms with van der Waals surface area (Å²) < 4.78 is 6.33. The highest BCUT2D eigenvalue weighted by Gasteiger charge is 2.34. The van der Waals surface area contributed by atoms with Crippen molar-refractivity contribution in [3.63, 3.8) is 0 Å². The molecule has 0 radical (unpaired) electrons. The van der Waals surface area contributed by atoms with Crippen molar-refractivity contribution in [3.05, 3.63) is 29.8 Å². The van der Waals surface area contributed by atoms with E-state index in [0.29, 0.717) is 5.66 Å². The highest BCUT2D eigenvalue weighted by molar-refractivity contribution is 7.80. The van der Waals surface area contributed by atoms with E-state index in [1.807, 2.05) is 0 Å². The van der Waals surface area contributed by atoms with Crippen LogP contribution in [0.2, 0.25) is 0 Å². The van der Waals surface area contributed by atoms with Gasteiger partial charge in [-0.05, 0) is 68.6 Å². The van der Waals surface area contributed by atoms with Crippen LogP contribution >= 0.6 is 21.2 Å². The third-order valence-electron chi connectivity index (χ3n) is 4.54. The van der Waals surface area contributed by atoms with E-state index < -0.39 is 0 Å². The average molecular weight is 310 g/mol. The fourth-order valence-corrected chi connectivity index (χ4v) is 4.63. The van der Waals surface area contributed by atoms with Gasteiger partial charge in [-0.2, -0.15) is 12.6 Å². The molecular formula is C17H27OPS. The van der Waals surface area contributed by atoms with Gasteiger partial charge in [-0.25, -0.2) is 0 Å². The molecular weight excluding hydrogens is 283 g/mol. The molecule has 3 heteroatoms. The smallest absolute Gasteiger partial charge is 0.120 e. The van der Waals surface area contributed by atoms with Gasteiger partial charge in [-0.15, -0.1) is 8.58 Å². The van der Waals surface area contributed by atoms with Crippen LogP contribution in [0, 0.1) is 0 Å². The molecule has 2 atom stereocenters. The number of thiol groups is 1.